The van der Waals surface area contributed by atoms with E-state index in [2.05, 4.69) is 11.8 Å². The lowest BCUT2D eigenvalue weighted by molar-refractivity contribution is 0.626. The van der Waals surface area contributed by atoms with Crippen LogP contribution < -0.4 is 10.6 Å². The fourth-order valence-corrected chi connectivity index (χ4v) is 2.01. The summed E-state index contributed by atoms with van der Waals surface area (Å²) in [6.45, 7) is 0.716. The molecule has 0 aromatic heterocycles. The van der Waals surface area contributed by atoms with Crippen LogP contribution in [0.5, 0.6) is 0 Å². The lowest BCUT2D eigenvalue weighted by Gasteiger charge is -2.20. The van der Waals surface area contributed by atoms with Gasteiger partial charge in [0.25, 0.3) is 0 Å². The average molecular weight is 286 g/mol. The normalized spacial score (nSPS) is 9.90. The fraction of sp³-hybridized carbons (Fsp3) is 0.176. The molecular formula is C17H16F2N2. The Morgan fingerprint density at radius 1 is 1.10 bits per heavy atom. The summed E-state index contributed by atoms with van der Waals surface area (Å²) in [5.41, 5.74) is 7.57. The SMILES string of the molecule is CN(Cc1ccc(F)cc1C#CCN)c1cccc(F)c1. The zero-order chi connectivity index (χ0) is 15.2. The van der Waals surface area contributed by atoms with E-state index in [0.29, 0.717) is 12.1 Å². The molecule has 0 aliphatic carbocycles. The maximum absolute atomic E-state index is 13.3. The molecule has 0 radical (unpaired) electrons. The van der Waals surface area contributed by atoms with Gasteiger partial charge in [-0.05, 0) is 35.9 Å². The van der Waals surface area contributed by atoms with E-state index in [-0.39, 0.29) is 18.2 Å². The number of anilines is 1. The van der Waals surface area contributed by atoms with Crippen molar-refractivity contribution >= 4 is 5.69 Å². The molecule has 0 unspecified atom stereocenters. The standard InChI is InChI=1S/C17H16F2N2/c1-21(17-6-2-5-15(18)11-17)12-14-7-8-16(19)10-13(14)4-3-9-20/h2,5-8,10-11H,9,12,20H2,1H3. The van der Waals surface area contributed by atoms with Crippen LogP contribution >= 0.6 is 0 Å². The lowest BCUT2D eigenvalue weighted by atomic mass is 10.1. The number of nitrogens with zero attached hydrogens (tertiary/aromatic N) is 1. The summed E-state index contributed by atoms with van der Waals surface area (Å²) >= 11 is 0. The molecule has 2 N–H and O–H groups in total. The van der Waals surface area contributed by atoms with Crippen LogP contribution in [0.1, 0.15) is 11.1 Å². The Morgan fingerprint density at radius 2 is 1.86 bits per heavy atom. The fourth-order valence-electron chi connectivity index (χ4n) is 2.01. The predicted molar refractivity (Wildman–Crippen MR) is 80.8 cm³/mol. The molecule has 2 aromatic rings. The van der Waals surface area contributed by atoms with Crippen LogP contribution in [-0.2, 0) is 6.54 Å². The second-order valence-electron chi connectivity index (χ2n) is 4.64. The number of benzene rings is 2. The third kappa shape index (κ3) is 4.04. The van der Waals surface area contributed by atoms with Crippen LogP contribution in [0.15, 0.2) is 42.5 Å². The summed E-state index contributed by atoms with van der Waals surface area (Å²) in [5, 5.41) is 0. The van der Waals surface area contributed by atoms with Gasteiger partial charge in [-0.2, -0.15) is 0 Å². The van der Waals surface area contributed by atoms with E-state index in [4.69, 9.17) is 5.73 Å². The minimum absolute atomic E-state index is 0.218. The van der Waals surface area contributed by atoms with Gasteiger partial charge in [0, 0.05) is 24.8 Å². The number of hydrogen-bond acceptors (Lipinski definition) is 2. The Balaban J connectivity index is 2.26. The van der Waals surface area contributed by atoms with E-state index in [9.17, 15) is 8.78 Å². The highest BCUT2D eigenvalue weighted by Crippen LogP contribution is 2.19. The van der Waals surface area contributed by atoms with Gasteiger partial charge in [0.15, 0.2) is 0 Å². The van der Waals surface area contributed by atoms with Gasteiger partial charge in [-0.1, -0.05) is 24.0 Å². The van der Waals surface area contributed by atoms with Crippen LogP contribution in [0, 0.1) is 23.5 Å². The van der Waals surface area contributed by atoms with Crippen LogP contribution in [0.3, 0.4) is 0 Å². The van der Waals surface area contributed by atoms with E-state index >= 15 is 0 Å². The molecule has 0 spiro atoms. The molecule has 2 nitrogen and oxygen atoms in total. The highest BCUT2D eigenvalue weighted by molar-refractivity contribution is 5.49. The molecule has 21 heavy (non-hydrogen) atoms. The van der Waals surface area contributed by atoms with Crippen LogP contribution in [0.2, 0.25) is 0 Å². The van der Waals surface area contributed by atoms with Gasteiger partial charge in [-0.25, -0.2) is 8.78 Å². The molecule has 0 heterocycles. The Morgan fingerprint density at radius 3 is 2.57 bits per heavy atom. The first-order valence-corrected chi connectivity index (χ1v) is 6.54. The van der Waals surface area contributed by atoms with Gasteiger partial charge in [0.1, 0.15) is 11.6 Å². The molecule has 0 aliphatic heterocycles. The Hall–Kier alpha value is -2.38. The van der Waals surface area contributed by atoms with Crippen LogP contribution in [0.4, 0.5) is 14.5 Å². The third-order valence-electron chi connectivity index (χ3n) is 3.05. The van der Waals surface area contributed by atoms with Crippen molar-refractivity contribution in [3.63, 3.8) is 0 Å². The molecule has 108 valence electrons. The predicted octanol–water partition coefficient (Wildman–Crippen LogP) is 2.91. The van der Waals surface area contributed by atoms with Crippen molar-refractivity contribution in [2.75, 3.05) is 18.5 Å². The van der Waals surface area contributed by atoms with Crippen molar-refractivity contribution in [1.82, 2.24) is 0 Å². The highest BCUT2D eigenvalue weighted by atomic mass is 19.1. The lowest BCUT2D eigenvalue weighted by Crippen LogP contribution is -2.17. The summed E-state index contributed by atoms with van der Waals surface area (Å²) in [7, 11) is 1.85. The zero-order valence-corrected chi connectivity index (χ0v) is 11.7. The monoisotopic (exact) mass is 286 g/mol. The first kappa shape index (κ1) is 15.0. The summed E-state index contributed by atoms with van der Waals surface area (Å²) in [5.74, 6) is 4.96. The smallest absolute Gasteiger partial charge is 0.125 e. The number of halogens is 2. The molecule has 0 fully saturated rings. The zero-order valence-electron chi connectivity index (χ0n) is 11.7. The van der Waals surface area contributed by atoms with Gasteiger partial charge >= 0.3 is 0 Å². The average Bonchev–Trinajstić information content (AvgIpc) is 2.47. The minimum Gasteiger partial charge on any atom is -0.370 e. The molecule has 0 amide bonds. The molecule has 0 aliphatic rings. The van der Waals surface area contributed by atoms with E-state index in [1.165, 1.54) is 24.3 Å². The second kappa shape index (κ2) is 6.87. The molecule has 2 rings (SSSR count). The molecule has 2 aromatic carbocycles. The molecule has 0 bridgehead atoms. The van der Waals surface area contributed by atoms with Crippen LogP contribution in [0.25, 0.3) is 0 Å². The second-order valence-corrected chi connectivity index (χ2v) is 4.64. The largest absolute Gasteiger partial charge is 0.370 e. The van der Waals surface area contributed by atoms with Crippen molar-refractivity contribution in [3.05, 3.63) is 65.2 Å². The third-order valence-corrected chi connectivity index (χ3v) is 3.05. The van der Waals surface area contributed by atoms with Crippen molar-refractivity contribution in [2.45, 2.75) is 6.54 Å². The molecular weight excluding hydrogens is 270 g/mol. The van der Waals surface area contributed by atoms with Crippen molar-refractivity contribution in [3.8, 4) is 11.8 Å². The van der Waals surface area contributed by atoms with Crippen molar-refractivity contribution in [1.29, 1.82) is 0 Å². The number of hydrogen-bond donors (Lipinski definition) is 1. The van der Waals surface area contributed by atoms with Gasteiger partial charge in [0.05, 0.1) is 6.54 Å². The highest BCUT2D eigenvalue weighted by Gasteiger charge is 2.07. The first-order valence-electron chi connectivity index (χ1n) is 6.54. The van der Waals surface area contributed by atoms with E-state index in [1.54, 1.807) is 12.1 Å². The topological polar surface area (TPSA) is 29.3 Å². The maximum Gasteiger partial charge on any atom is 0.125 e. The summed E-state index contributed by atoms with van der Waals surface area (Å²) in [4.78, 5) is 1.88. The number of rotatable bonds is 3. The van der Waals surface area contributed by atoms with E-state index in [1.807, 2.05) is 18.0 Å². The first-order chi connectivity index (χ1) is 10.1. The van der Waals surface area contributed by atoms with Gasteiger partial charge in [-0.3, -0.25) is 0 Å². The maximum atomic E-state index is 13.3. The Kier molecular flexibility index (Phi) is 4.91. The van der Waals surface area contributed by atoms with Crippen molar-refractivity contribution in [2.24, 2.45) is 5.73 Å². The number of nitrogens with two attached hydrogens (primary N) is 1. The Labute approximate surface area is 123 Å². The van der Waals surface area contributed by atoms with Gasteiger partial charge in [0.2, 0.25) is 0 Å². The summed E-state index contributed by atoms with van der Waals surface area (Å²) in [6.07, 6.45) is 0. The molecule has 4 heteroatoms. The summed E-state index contributed by atoms with van der Waals surface area (Å²) < 4.78 is 26.6. The van der Waals surface area contributed by atoms with Crippen molar-refractivity contribution < 1.29 is 8.78 Å². The molecule has 0 saturated heterocycles. The summed E-state index contributed by atoms with van der Waals surface area (Å²) in [6, 6.07) is 10.8. The van der Waals surface area contributed by atoms with Gasteiger partial charge in [-0.15, -0.1) is 0 Å². The van der Waals surface area contributed by atoms with Crippen LogP contribution in [-0.4, -0.2) is 13.6 Å². The molecule has 0 saturated carbocycles. The quantitative estimate of drug-likeness (QED) is 0.879. The van der Waals surface area contributed by atoms with E-state index in [0.717, 1.165) is 11.3 Å². The minimum atomic E-state index is -0.339. The molecule has 0 atom stereocenters. The van der Waals surface area contributed by atoms with E-state index < -0.39 is 0 Å². The van der Waals surface area contributed by atoms with Gasteiger partial charge < -0.3 is 10.6 Å². The Bertz CT molecular complexity index is 687.